The molecule has 0 saturated carbocycles. The Bertz CT molecular complexity index is 1060. The van der Waals surface area contributed by atoms with Crippen molar-refractivity contribution in [2.24, 2.45) is 7.05 Å². The van der Waals surface area contributed by atoms with Gasteiger partial charge in [0.2, 0.25) is 0 Å². The number of hydrogen-bond donors (Lipinski definition) is 2. The summed E-state index contributed by atoms with van der Waals surface area (Å²) in [6.45, 7) is -0.139. The van der Waals surface area contributed by atoms with Crippen LogP contribution in [0.1, 0.15) is 5.56 Å². The fraction of sp³-hybridized carbons (Fsp3) is 0.118. The van der Waals surface area contributed by atoms with Crippen molar-refractivity contribution in [3.63, 3.8) is 0 Å². The second-order valence-corrected chi connectivity index (χ2v) is 5.21. The number of carbonyl (C=O) groups is 1. The van der Waals surface area contributed by atoms with Crippen molar-refractivity contribution < 1.29 is 9.90 Å². The van der Waals surface area contributed by atoms with Gasteiger partial charge in [-0.2, -0.15) is 0 Å². The number of phenols is 1. The summed E-state index contributed by atoms with van der Waals surface area (Å²) < 4.78 is 1.80. The molecule has 0 fully saturated rings. The lowest BCUT2D eigenvalue weighted by atomic mass is 10.2. The van der Waals surface area contributed by atoms with Gasteiger partial charge in [0.25, 0.3) is 11.5 Å². The number of rotatable bonds is 2. The van der Waals surface area contributed by atoms with E-state index in [1.54, 1.807) is 18.1 Å². The summed E-state index contributed by atoms with van der Waals surface area (Å²) in [6.07, 6.45) is 4.96. The minimum atomic E-state index is -0.866. The molecule has 0 unspecified atom stereocenters. The maximum absolute atomic E-state index is 12.2. The Morgan fingerprint density at radius 1 is 1.40 bits per heavy atom. The number of halogens is 1. The first-order valence-corrected chi connectivity index (χ1v) is 7.27. The monoisotopic (exact) mass is 357 g/mol. The molecule has 0 saturated heterocycles. The van der Waals surface area contributed by atoms with E-state index in [1.165, 1.54) is 19.2 Å². The molecule has 0 spiro atoms. The molecule has 0 bridgehead atoms. The van der Waals surface area contributed by atoms with E-state index >= 15 is 0 Å². The van der Waals surface area contributed by atoms with Crippen LogP contribution in [0.3, 0.4) is 0 Å². The minimum absolute atomic E-state index is 0.0587. The van der Waals surface area contributed by atoms with E-state index in [2.05, 4.69) is 17.2 Å². The fourth-order valence-corrected chi connectivity index (χ4v) is 2.20. The minimum Gasteiger partial charge on any atom is -0.508 e. The topological polar surface area (TPSA) is 93.3 Å². The first kappa shape index (κ1) is 17.9. The van der Waals surface area contributed by atoms with Crippen LogP contribution in [-0.2, 0) is 18.4 Å². The van der Waals surface area contributed by atoms with Crippen molar-refractivity contribution in [3.05, 3.63) is 55.8 Å². The van der Waals surface area contributed by atoms with Gasteiger partial charge < -0.3 is 10.4 Å². The molecule has 7 nitrogen and oxygen atoms in total. The van der Waals surface area contributed by atoms with Gasteiger partial charge >= 0.3 is 5.69 Å². The van der Waals surface area contributed by atoms with Gasteiger partial charge in [-0.3, -0.25) is 18.7 Å². The van der Waals surface area contributed by atoms with Crippen molar-refractivity contribution in [1.82, 2.24) is 9.13 Å². The van der Waals surface area contributed by atoms with Gasteiger partial charge in [-0.15, -0.1) is 6.42 Å². The summed E-state index contributed by atoms with van der Waals surface area (Å²) in [5.74, 6) is 6.46. The number of carbonyl (C=O) groups excluding carboxylic acids is 1. The number of aromatic hydroxyl groups is 1. The highest BCUT2D eigenvalue weighted by molar-refractivity contribution is 6.32. The molecule has 1 heterocycles. The molecule has 8 heteroatoms. The Hall–Kier alpha value is -3.42. The van der Waals surface area contributed by atoms with Crippen molar-refractivity contribution in [2.75, 3.05) is 5.32 Å². The normalized spacial score (nSPS) is 9.64. The average molecular weight is 358 g/mol. The molecule has 1 aromatic carbocycles. The van der Waals surface area contributed by atoms with Crippen molar-refractivity contribution in [3.8, 4) is 29.9 Å². The Morgan fingerprint density at radius 2 is 2.12 bits per heavy atom. The Morgan fingerprint density at radius 3 is 2.76 bits per heavy atom. The zero-order chi connectivity index (χ0) is 18.6. The Balaban J connectivity index is 2.45. The first-order chi connectivity index (χ1) is 11.8. The molecule has 2 rings (SSSR count). The van der Waals surface area contributed by atoms with Crippen LogP contribution in [0.4, 0.5) is 5.69 Å². The van der Waals surface area contributed by atoms with Crippen molar-refractivity contribution in [1.29, 1.82) is 0 Å². The van der Waals surface area contributed by atoms with Crippen LogP contribution in [0.5, 0.6) is 5.75 Å². The van der Waals surface area contributed by atoms with Gasteiger partial charge in [-0.25, -0.2) is 4.79 Å². The number of benzene rings is 1. The molecule has 126 valence electrons. The third-order valence-electron chi connectivity index (χ3n) is 3.17. The summed E-state index contributed by atoms with van der Waals surface area (Å²) >= 11 is 6.06. The lowest BCUT2D eigenvalue weighted by Gasteiger charge is -2.11. The number of amides is 1. The van der Waals surface area contributed by atoms with Crippen LogP contribution >= 0.6 is 11.6 Å². The smallest absolute Gasteiger partial charge is 0.332 e. The van der Waals surface area contributed by atoms with Gasteiger partial charge in [-0.1, -0.05) is 29.5 Å². The lowest BCUT2D eigenvalue weighted by molar-refractivity contribution is -0.111. The van der Waals surface area contributed by atoms with E-state index in [-0.39, 0.29) is 23.1 Å². The summed E-state index contributed by atoms with van der Waals surface area (Å²) in [7, 11) is 1.24. The quantitative estimate of drug-likeness (QED) is 0.605. The largest absolute Gasteiger partial charge is 0.508 e. The number of hydrogen-bond acceptors (Lipinski definition) is 4. The molecule has 0 aliphatic rings. The first-order valence-electron chi connectivity index (χ1n) is 6.90. The van der Waals surface area contributed by atoms with E-state index in [9.17, 15) is 19.5 Å². The third-order valence-corrected chi connectivity index (χ3v) is 3.56. The van der Waals surface area contributed by atoms with Gasteiger partial charge in [-0.05, 0) is 24.1 Å². The molecule has 0 aliphatic carbocycles. The fourth-order valence-electron chi connectivity index (χ4n) is 1.94. The molecule has 25 heavy (non-hydrogen) atoms. The number of aromatic nitrogens is 2. The van der Waals surface area contributed by atoms with Crippen LogP contribution in [-0.4, -0.2) is 20.1 Å². The van der Waals surface area contributed by atoms with Crippen molar-refractivity contribution in [2.45, 2.75) is 6.54 Å². The highest BCUT2D eigenvalue weighted by Crippen LogP contribution is 2.15. The highest BCUT2D eigenvalue weighted by atomic mass is 35.5. The van der Waals surface area contributed by atoms with Crippen LogP contribution in [0.15, 0.2) is 33.9 Å². The van der Waals surface area contributed by atoms with E-state index in [0.717, 1.165) is 9.13 Å². The predicted molar refractivity (Wildman–Crippen MR) is 93.4 cm³/mol. The SMILES string of the molecule is C#CC(=O)Nc1c(Cl)n(CC#Cc2cccc(O)c2)c(=O)n(C)c1=O. The second kappa shape index (κ2) is 7.43. The van der Waals surface area contributed by atoms with Gasteiger partial charge in [0.05, 0.1) is 6.54 Å². The zero-order valence-electron chi connectivity index (χ0n) is 13.0. The third kappa shape index (κ3) is 3.92. The average Bonchev–Trinajstić information content (AvgIpc) is 2.59. The molecule has 0 aliphatic heterocycles. The molecule has 2 aromatic rings. The van der Waals surface area contributed by atoms with Gasteiger partial charge in [0.15, 0.2) is 0 Å². The van der Waals surface area contributed by atoms with Crippen LogP contribution in [0.2, 0.25) is 5.15 Å². The maximum Gasteiger partial charge on any atom is 0.332 e. The van der Waals surface area contributed by atoms with Gasteiger partial charge in [0.1, 0.15) is 16.6 Å². The summed E-state index contributed by atoms with van der Waals surface area (Å²) in [6, 6.07) is 6.26. The molecular weight excluding hydrogens is 346 g/mol. The summed E-state index contributed by atoms with van der Waals surface area (Å²) in [5, 5.41) is 11.3. The van der Waals surface area contributed by atoms with Gasteiger partial charge in [0, 0.05) is 12.6 Å². The Labute approximate surface area is 147 Å². The number of nitrogens with zero attached hydrogens (tertiary/aromatic N) is 2. The van der Waals surface area contributed by atoms with Crippen LogP contribution in [0.25, 0.3) is 0 Å². The molecule has 1 amide bonds. The molecule has 1 aromatic heterocycles. The highest BCUT2D eigenvalue weighted by Gasteiger charge is 2.16. The lowest BCUT2D eigenvalue weighted by Crippen LogP contribution is -2.40. The standard InChI is InChI=1S/C17H12ClN3O4/c1-3-13(23)19-14-15(18)21(17(25)20(2)16(14)24)9-5-7-11-6-4-8-12(22)10-11/h1,4,6,8,10,22H,9H2,2H3,(H,19,23). The molecule has 0 atom stereocenters. The predicted octanol–water partition coefficient (Wildman–Crippen LogP) is 0.529. The van der Waals surface area contributed by atoms with Crippen LogP contribution in [0, 0.1) is 24.2 Å². The molecule has 0 radical (unpaired) electrons. The molecular formula is C17H12ClN3O4. The number of nitrogens with one attached hydrogen (secondary N) is 1. The Kier molecular flexibility index (Phi) is 5.33. The second-order valence-electron chi connectivity index (χ2n) is 4.85. The summed E-state index contributed by atoms with van der Waals surface area (Å²) in [5.41, 5.74) is -1.24. The number of anilines is 1. The number of phenolic OH excluding ortho intramolecular Hbond substituents is 1. The number of terminal acetylenes is 1. The van der Waals surface area contributed by atoms with E-state index in [4.69, 9.17) is 18.0 Å². The maximum atomic E-state index is 12.2. The van der Waals surface area contributed by atoms with E-state index in [0.29, 0.717) is 5.56 Å². The van der Waals surface area contributed by atoms with E-state index in [1.807, 2.05) is 0 Å². The zero-order valence-corrected chi connectivity index (χ0v) is 13.8. The molecule has 2 N–H and O–H groups in total. The van der Waals surface area contributed by atoms with Crippen molar-refractivity contribution >= 4 is 23.2 Å². The van der Waals surface area contributed by atoms with Crippen LogP contribution < -0.4 is 16.6 Å². The van der Waals surface area contributed by atoms with E-state index < -0.39 is 17.2 Å². The summed E-state index contributed by atoms with van der Waals surface area (Å²) in [4.78, 5) is 35.6.